The first-order chi connectivity index (χ1) is 13.4. The van der Waals surface area contributed by atoms with Gasteiger partial charge in [-0.25, -0.2) is 0 Å². The molecule has 0 N–H and O–H groups in total. The van der Waals surface area contributed by atoms with Gasteiger partial charge in [0.05, 0.1) is 0 Å². The van der Waals surface area contributed by atoms with Gasteiger partial charge in [-0.1, -0.05) is 17.3 Å². The van der Waals surface area contributed by atoms with Crippen molar-refractivity contribution in [1.82, 2.24) is 15.0 Å². The van der Waals surface area contributed by atoms with Crippen LogP contribution in [0.5, 0.6) is 5.75 Å². The van der Waals surface area contributed by atoms with E-state index in [0.29, 0.717) is 44.3 Å². The highest BCUT2D eigenvalue weighted by molar-refractivity contribution is 5.92. The highest BCUT2D eigenvalue weighted by Crippen LogP contribution is 2.40. The van der Waals surface area contributed by atoms with Crippen LogP contribution in [0, 0.1) is 0 Å². The van der Waals surface area contributed by atoms with Crippen molar-refractivity contribution in [3.05, 3.63) is 47.3 Å². The van der Waals surface area contributed by atoms with Crippen LogP contribution < -0.4 is 4.74 Å². The quantitative estimate of drug-likeness (QED) is 0.777. The molecule has 2 fully saturated rings. The summed E-state index contributed by atoms with van der Waals surface area (Å²) in [5, 5.41) is 3.90. The van der Waals surface area contributed by atoms with Gasteiger partial charge in [-0.3, -0.25) is 9.69 Å². The van der Waals surface area contributed by atoms with E-state index in [0.717, 1.165) is 24.2 Å². The Morgan fingerprint density at radius 2 is 1.82 bits per heavy atom. The van der Waals surface area contributed by atoms with Crippen molar-refractivity contribution in [3.8, 4) is 5.75 Å². The van der Waals surface area contributed by atoms with Crippen molar-refractivity contribution < 1.29 is 27.2 Å². The van der Waals surface area contributed by atoms with Gasteiger partial charge in [0.2, 0.25) is 0 Å². The van der Waals surface area contributed by atoms with Gasteiger partial charge >= 0.3 is 6.36 Å². The summed E-state index contributed by atoms with van der Waals surface area (Å²) in [7, 11) is 0. The molecule has 0 unspecified atom stereocenters. The maximum atomic E-state index is 12.6. The van der Waals surface area contributed by atoms with E-state index in [2.05, 4.69) is 14.8 Å². The average molecular weight is 395 g/mol. The molecule has 1 saturated heterocycles. The second-order valence-corrected chi connectivity index (χ2v) is 7.15. The van der Waals surface area contributed by atoms with Crippen molar-refractivity contribution in [2.24, 2.45) is 0 Å². The van der Waals surface area contributed by atoms with Gasteiger partial charge in [-0.15, -0.1) is 13.2 Å². The standard InChI is InChI=1S/C19H20F3N3O3/c20-19(21,22)27-15-5-1-13(2-6-15)12-24-7-9-25(10-8-24)18(26)16-11-17(28-23-16)14-3-4-14/h1-2,5-6,11,14H,3-4,7-10,12H2. The number of hydrogen-bond acceptors (Lipinski definition) is 5. The summed E-state index contributed by atoms with van der Waals surface area (Å²) < 4.78 is 45.8. The number of aromatic nitrogens is 1. The number of carbonyl (C=O) groups is 1. The molecule has 1 aliphatic heterocycles. The van der Waals surface area contributed by atoms with Crippen molar-refractivity contribution >= 4 is 5.91 Å². The Hall–Kier alpha value is -2.55. The topological polar surface area (TPSA) is 58.8 Å². The molecule has 2 aliphatic rings. The molecule has 0 atom stereocenters. The predicted molar refractivity (Wildman–Crippen MR) is 92.8 cm³/mol. The zero-order valence-corrected chi connectivity index (χ0v) is 15.1. The summed E-state index contributed by atoms with van der Waals surface area (Å²) in [4.78, 5) is 16.5. The number of benzene rings is 1. The summed E-state index contributed by atoms with van der Waals surface area (Å²) in [5.41, 5.74) is 1.25. The van der Waals surface area contributed by atoms with Crippen molar-refractivity contribution in [2.75, 3.05) is 26.2 Å². The Balaban J connectivity index is 1.27. The Morgan fingerprint density at radius 3 is 2.43 bits per heavy atom. The highest BCUT2D eigenvalue weighted by Gasteiger charge is 2.32. The van der Waals surface area contributed by atoms with Crippen molar-refractivity contribution in [3.63, 3.8) is 0 Å². The lowest BCUT2D eigenvalue weighted by molar-refractivity contribution is -0.274. The molecule has 9 heteroatoms. The van der Waals surface area contributed by atoms with Crippen LogP contribution in [-0.4, -0.2) is 53.4 Å². The third-order valence-corrected chi connectivity index (χ3v) is 4.95. The summed E-state index contributed by atoms with van der Waals surface area (Å²) in [6.45, 7) is 3.10. The molecule has 28 heavy (non-hydrogen) atoms. The van der Waals surface area contributed by atoms with E-state index in [1.165, 1.54) is 12.1 Å². The monoisotopic (exact) mass is 395 g/mol. The van der Waals surface area contributed by atoms with Gasteiger partial charge in [0.25, 0.3) is 5.91 Å². The first-order valence-corrected chi connectivity index (χ1v) is 9.20. The lowest BCUT2D eigenvalue weighted by Crippen LogP contribution is -2.48. The summed E-state index contributed by atoms with van der Waals surface area (Å²) in [5.74, 6) is 0.854. The van der Waals surface area contributed by atoms with Crippen LogP contribution >= 0.6 is 0 Å². The fraction of sp³-hybridized carbons (Fsp3) is 0.474. The van der Waals surface area contributed by atoms with E-state index in [1.807, 2.05) is 0 Å². The number of nitrogens with zero attached hydrogens (tertiary/aromatic N) is 3. The minimum atomic E-state index is -4.69. The fourth-order valence-electron chi connectivity index (χ4n) is 3.28. The number of amides is 1. The third kappa shape index (κ3) is 4.64. The fourth-order valence-corrected chi connectivity index (χ4v) is 3.28. The number of rotatable bonds is 5. The molecule has 1 aromatic heterocycles. The molecule has 0 bridgehead atoms. The largest absolute Gasteiger partial charge is 0.573 e. The minimum absolute atomic E-state index is 0.121. The second-order valence-electron chi connectivity index (χ2n) is 7.15. The van der Waals surface area contributed by atoms with Gasteiger partial charge < -0.3 is 14.2 Å². The van der Waals surface area contributed by atoms with Crippen molar-refractivity contribution in [2.45, 2.75) is 31.7 Å². The lowest BCUT2D eigenvalue weighted by Gasteiger charge is -2.34. The van der Waals surface area contributed by atoms with Gasteiger partial charge in [0.1, 0.15) is 11.5 Å². The smallest absolute Gasteiger partial charge is 0.406 e. The Morgan fingerprint density at radius 1 is 1.14 bits per heavy atom. The van der Waals surface area contributed by atoms with Gasteiger partial charge in [-0.05, 0) is 30.5 Å². The Kier molecular flexibility index (Phi) is 5.01. The number of alkyl halides is 3. The van der Waals surface area contributed by atoms with E-state index in [1.54, 1.807) is 23.1 Å². The summed E-state index contributed by atoms with van der Waals surface area (Å²) in [6.07, 6.45) is -2.51. The third-order valence-electron chi connectivity index (χ3n) is 4.95. The van der Waals surface area contributed by atoms with E-state index in [4.69, 9.17) is 4.52 Å². The van der Waals surface area contributed by atoms with Crippen LogP contribution in [0.15, 0.2) is 34.9 Å². The molecular weight excluding hydrogens is 375 g/mol. The van der Waals surface area contributed by atoms with Crippen LogP contribution in [0.3, 0.4) is 0 Å². The first kappa shape index (κ1) is 18.8. The predicted octanol–water partition coefficient (Wildman–Crippen LogP) is 3.41. The molecule has 1 saturated carbocycles. The minimum Gasteiger partial charge on any atom is -0.406 e. The van der Waals surface area contributed by atoms with E-state index in [9.17, 15) is 18.0 Å². The molecule has 150 valence electrons. The molecule has 1 aliphatic carbocycles. The van der Waals surface area contributed by atoms with Crippen LogP contribution in [0.2, 0.25) is 0 Å². The number of hydrogen-bond donors (Lipinski definition) is 0. The molecule has 2 aromatic rings. The molecule has 1 amide bonds. The molecule has 1 aromatic carbocycles. The van der Waals surface area contributed by atoms with Crippen LogP contribution in [-0.2, 0) is 6.54 Å². The second kappa shape index (κ2) is 7.46. The molecular formula is C19H20F3N3O3. The Bertz CT molecular complexity index is 823. The average Bonchev–Trinajstić information content (AvgIpc) is 3.39. The normalized spacial score (nSPS) is 18.3. The molecule has 4 rings (SSSR count). The van der Waals surface area contributed by atoms with Crippen LogP contribution in [0.25, 0.3) is 0 Å². The van der Waals surface area contributed by atoms with E-state index in [-0.39, 0.29) is 11.7 Å². The van der Waals surface area contributed by atoms with Crippen LogP contribution in [0.1, 0.15) is 40.6 Å². The number of piperazine rings is 1. The Labute approximate surface area is 159 Å². The number of ether oxygens (including phenoxy) is 1. The van der Waals surface area contributed by atoms with Gasteiger partial charge in [0.15, 0.2) is 5.69 Å². The zero-order valence-electron chi connectivity index (χ0n) is 15.1. The van der Waals surface area contributed by atoms with E-state index >= 15 is 0 Å². The summed E-state index contributed by atoms with van der Waals surface area (Å²) >= 11 is 0. The SMILES string of the molecule is O=C(c1cc(C2CC2)on1)N1CCN(Cc2ccc(OC(F)(F)F)cc2)CC1. The van der Waals surface area contributed by atoms with Gasteiger partial charge in [-0.2, -0.15) is 0 Å². The summed E-state index contributed by atoms with van der Waals surface area (Å²) in [6, 6.07) is 7.60. The molecule has 0 spiro atoms. The number of carbonyl (C=O) groups excluding carboxylic acids is 1. The highest BCUT2D eigenvalue weighted by atomic mass is 19.4. The van der Waals surface area contributed by atoms with Crippen LogP contribution in [0.4, 0.5) is 13.2 Å². The molecule has 0 radical (unpaired) electrons. The maximum Gasteiger partial charge on any atom is 0.573 e. The van der Waals surface area contributed by atoms with E-state index < -0.39 is 6.36 Å². The van der Waals surface area contributed by atoms with Gasteiger partial charge in [0, 0.05) is 44.7 Å². The molecule has 2 heterocycles. The first-order valence-electron chi connectivity index (χ1n) is 9.20. The number of halogens is 3. The maximum absolute atomic E-state index is 12.6. The zero-order chi connectivity index (χ0) is 19.7. The molecule has 6 nitrogen and oxygen atoms in total. The van der Waals surface area contributed by atoms with Crippen molar-refractivity contribution in [1.29, 1.82) is 0 Å². The lowest BCUT2D eigenvalue weighted by atomic mass is 10.2.